The highest BCUT2D eigenvalue weighted by molar-refractivity contribution is 7.99. The van der Waals surface area contributed by atoms with Crippen molar-refractivity contribution in [3.63, 3.8) is 0 Å². The Hall–Kier alpha value is -2.56. The third-order valence-electron chi connectivity index (χ3n) is 4.56. The maximum atomic E-state index is 12.4. The van der Waals surface area contributed by atoms with Gasteiger partial charge in [-0.3, -0.25) is 9.10 Å². The molecule has 0 saturated carbocycles. The molecule has 3 aromatic rings. The van der Waals surface area contributed by atoms with E-state index in [9.17, 15) is 13.2 Å². The number of carbonyl (C=O) groups excluding carboxylic acids is 1. The van der Waals surface area contributed by atoms with Crippen LogP contribution in [0.1, 0.15) is 18.3 Å². The Bertz CT molecular complexity index is 1200. The molecular weight excluding hydrogens is 470 g/mol. The molecule has 0 aliphatic rings. The monoisotopic (exact) mass is 493 g/mol. The molecule has 0 aliphatic heterocycles. The second-order valence-electron chi connectivity index (χ2n) is 7.10. The molecule has 32 heavy (non-hydrogen) atoms. The van der Waals surface area contributed by atoms with E-state index in [0.717, 1.165) is 11.8 Å². The number of nitrogens with zero attached hydrogens (tertiary/aromatic N) is 4. The summed E-state index contributed by atoms with van der Waals surface area (Å²) in [4.78, 5) is 12.3. The lowest BCUT2D eigenvalue weighted by Gasteiger charge is -2.22. The molecule has 0 fully saturated rings. The van der Waals surface area contributed by atoms with Crippen molar-refractivity contribution < 1.29 is 13.2 Å². The standard InChI is InChI=1S/C21H24ClN5O3S2/c1-4-26-19(13-27(32(3,29)30)18-10-8-15(2)9-11-18)24-25-21(26)31-14-20(28)23-17-7-5-6-16(22)12-17/h5-12H,4,13-14H2,1-3H3,(H,23,28). The second kappa shape index (κ2) is 10.4. The molecule has 0 aliphatic carbocycles. The first-order valence-corrected chi connectivity index (χ1v) is 13.0. The minimum absolute atomic E-state index is 0.0397. The van der Waals surface area contributed by atoms with Crippen molar-refractivity contribution in [1.82, 2.24) is 14.8 Å². The molecule has 170 valence electrons. The molecule has 0 saturated heterocycles. The summed E-state index contributed by atoms with van der Waals surface area (Å²) < 4.78 is 28.0. The molecule has 11 heteroatoms. The van der Waals surface area contributed by atoms with Crippen LogP contribution in [-0.2, 0) is 27.9 Å². The van der Waals surface area contributed by atoms with Crippen molar-refractivity contribution >= 4 is 50.7 Å². The lowest BCUT2D eigenvalue weighted by Crippen LogP contribution is -2.30. The topological polar surface area (TPSA) is 97.2 Å². The second-order valence-corrected chi connectivity index (χ2v) is 10.4. The molecule has 3 rings (SSSR count). The minimum atomic E-state index is -3.54. The molecule has 1 heterocycles. The quantitative estimate of drug-likeness (QED) is 0.453. The van der Waals surface area contributed by atoms with Gasteiger partial charge in [0.25, 0.3) is 0 Å². The van der Waals surface area contributed by atoms with Crippen molar-refractivity contribution in [2.24, 2.45) is 0 Å². The summed E-state index contributed by atoms with van der Waals surface area (Å²) in [7, 11) is -3.54. The fourth-order valence-electron chi connectivity index (χ4n) is 2.99. The van der Waals surface area contributed by atoms with Crippen molar-refractivity contribution in [3.8, 4) is 0 Å². The Morgan fingerprint density at radius 3 is 2.53 bits per heavy atom. The maximum Gasteiger partial charge on any atom is 0.234 e. The number of thioether (sulfide) groups is 1. The van der Waals surface area contributed by atoms with Gasteiger partial charge in [0.05, 0.1) is 24.2 Å². The van der Waals surface area contributed by atoms with Crippen molar-refractivity contribution in [2.45, 2.75) is 32.1 Å². The van der Waals surface area contributed by atoms with Crippen LogP contribution in [0.2, 0.25) is 5.02 Å². The Kier molecular flexibility index (Phi) is 7.81. The summed E-state index contributed by atoms with van der Waals surface area (Å²) in [6.45, 7) is 4.43. The molecule has 0 bridgehead atoms. The van der Waals surface area contributed by atoms with Gasteiger partial charge in [0.2, 0.25) is 15.9 Å². The van der Waals surface area contributed by atoms with Gasteiger partial charge < -0.3 is 9.88 Å². The predicted molar refractivity (Wildman–Crippen MR) is 129 cm³/mol. The van der Waals surface area contributed by atoms with Gasteiger partial charge in [-0.2, -0.15) is 0 Å². The van der Waals surface area contributed by atoms with Crippen LogP contribution < -0.4 is 9.62 Å². The van der Waals surface area contributed by atoms with E-state index in [1.54, 1.807) is 36.4 Å². The third-order valence-corrected chi connectivity index (χ3v) is 6.90. The Morgan fingerprint density at radius 1 is 1.19 bits per heavy atom. The smallest absolute Gasteiger partial charge is 0.234 e. The predicted octanol–water partition coefficient (Wildman–Crippen LogP) is 3.96. The Morgan fingerprint density at radius 2 is 1.91 bits per heavy atom. The van der Waals surface area contributed by atoms with Gasteiger partial charge in [0, 0.05) is 17.3 Å². The van der Waals surface area contributed by atoms with Crippen LogP contribution in [0.25, 0.3) is 0 Å². The summed E-state index contributed by atoms with van der Waals surface area (Å²) in [5.41, 5.74) is 2.20. The van der Waals surface area contributed by atoms with Gasteiger partial charge in [0.15, 0.2) is 11.0 Å². The summed E-state index contributed by atoms with van der Waals surface area (Å²) >= 11 is 7.18. The maximum absolute atomic E-state index is 12.4. The molecule has 8 nitrogen and oxygen atoms in total. The van der Waals surface area contributed by atoms with Crippen LogP contribution in [0.4, 0.5) is 11.4 Å². The molecule has 0 spiro atoms. The van der Waals surface area contributed by atoms with E-state index in [1.807, 2.05) is 30.5 Å². The summed E-state index contributed by atoms with van der Waals surface area (Å²) in [6, 6.07) is 14.2. The van der Waals surface area contributed by atoms with Crippen molar-refractivity contribution in [2.75, 3.05) is 21.6 Å². The van der Waals surface area contributed by atoms with E-state index in [-0.39, 0.29) is 18.2 Å². The number of rotatable bonds is 9. The number of sulfonamides is 1. The molecule has 1 aromatic heterocycles. The lowest BCUT2D eigenvalue weighted by atomic mass is 10.2. The average Bonchev–Trinajstić information content (AvgIpc) is 3.12. The van der Waals surface area contributed by atoms with E-state index in [1.165, 1.54) is 16.1 Å². The zero-order chi connectivity index (χ0) is 23.3. The van der Waals surface area contributed by atoms with Crippen LogP contribution in [0.15, 0.2) is 53.7 Å². The zero-order valence-corrected chi connectivity index (χ0v) is 20.3. The van der Waals surface area contributed by atoms with Crippen LogP contribution >= 0.6 is 23.4 Å². The molecule has 0 radical (unpaired) electrons. The van der Waals surface area contributed by atoms with E-state index < -0.39 is 10.0 Å². The van der Waals surface area contributed by atoms with E-state index in [4.69, 9.17) is 11.6 Å². The summed E-state index contributed by atoms with van der Waals surface area (Å²) in [6.07, 6.45) is 1.16. The van der Waals surface area contributed by atoms with Gasteiger partial charge in [-0.25, -0.2) is 8.42 Å². The highest BCUT2D eigenvalue weighted by atomic mass is 35.5. The number of hydrogen-bond acceptors (Lipinski definition) is 6. The number of aryl methyl sites for hydroxylation is 1. The first kappa shape index (κ1) is 24.1. The summed E-state index contributed by atoms with van der Waals surface area (Å²) in [5.74, 6) is 0.413. The number of anilines is 2. The van der Waals surface area contributed by atoms with Gasteiger partial charge in [-0.1, -0.05) is 47.1 Å². The highest BCUT2D eigenvalue weighted by Crippen LogP contribution is 2.23. The zero-order valence-electron chi connectivity index (χ0n) is 17.9. The van der Waals surface area contributed by atoms with Crippen LogP contribution in [0.3, 0.4) is 0 Å². The number of hydrogen-bond donors (Lipinski definition) is 1. The number of halogens is 1. The molecule has 0 atom stereocenters. The molecule has 1 amide bonds. The van der Waals surface area contributed by atoms with Crippen LogP contribution in [0.5, 0.6) is 0 Å². The Labute approximate surface area is 197 Å². The SMILES string of the molecule is CCn1c(CN(c2ccc(C)cc2)S(C)(=O)=O)nnc1SCC(=O)Nc1cccc(Cl)c1. The first-order chi connectivity index (χ1) is 15.2. The van der Waals surface area contributed by atoms with E-state index in [0.29, 0.717) is 33.9 Å². The first-order valence-electron chi connectivity index (χ1n) is 9.82. The fourth-order valence-corrected chi connectivity index (χ4v) is 4.86. The summed E-state index contributed by atoms with van der Waals surface area (Å²) in [5, 5.41) is 12.2. The van der Waals surface area contributed by atoms with Gasteiger partial charge >= 0.3 is 0 Å². The number of nitrogens with one attached hydrogen (secondary N) is 1. The van der Waals surface area contributed by atoms with E-state index >= 15 is 0 Å². The molecular formula is C21H24ClN5O3S2. The molecule has 0 unspecified atom stereocenters. The average molecular weight is 494 g/mol. The van der Waals surface area contributed by atoms with Crippen molar-refractivity contribution in [3.05, 3.63) is 64.9 Å². The van der Waals surface area contributed by atoms with Crippen LogP contribution in [-0.4, -0.2) is 41.1 Å². The number of amides is 1. The normalized spacial score (nSPS) is 11.4. The number of aromatic nitrogens is 3. The van der Waals surface area contributed by atoms with Gasteiger partial charge in [0.1, 0.15) is 0 Å². The Balaban J connectivity index is 1.73. The third kappa shape index (κ3) is 6.24. The van der Waals surface area contributed by atoms with Crippen molar-refractivity contribution in [1.29, 1.82) is 0 Å². The molecule has 1 N–H and O–H groups in total. The molecule has 2 aromatic carbocycles. The highest BCUT2D eigenvalue weighted by Gasteiger charge is 2.22. The van der Waals surface area contributed by atoms with Crippen LogP contribution in [0, 0.1) is 6.92 Å². The number of benzene rings is 2. The van der Waals surface area contributed by atoms with E-state index in [2.05, 4.69) is 15.5 Å². The number of carbonyl (C=O) groups is 1. The minimum Gasteiger partial charge on any atom is -0.325 e. The fraction of sp³-hybridized carbons (Fsp3) is 0.286. The largest absolute Gasteiger partial charge is 0.325 e. The van der Waals surface area contributed by atoms with Gasteiger partial charge in [-0.05, 0) is 44.2 Å². The lowest BCUT2D eigenvalue weighted by molar-refractivity contribution is -0.113. The van der Waals surface area contributed by atoms with Gasteiger partial charge in [-0.15, -0.1) is 10.2 Å².